The highest BCUT2D eigenvalue weighted by atomic mass is 19.1. The van der Waals surface area contributed by atoms with Crippen molar-refractivity contribution in [1.29, 1.82) is 0 Å². The fourth-order valence-electron chi connectivity index (χ4n) is 1.91. The van der Waals surface area contributed by atoms with Gasteiger partial charge in [-0.25, -0.2) is 9.18 Å². The van der Waals surface area contributed by atoms with E-state index in [4.69, 9.17) is 4.74 Å². The summed E-state index contributed by atoms with van der Waals surface area (Å²) in [6.45, 7) is 5.85. The van der Waals surface area contributed by atoms with E-state index in [1.165, 1.54) is 19.2 Å². The average Bonchev–Trinajstić information content (AvgIpc) is 2.50. The van der Waals surface area contributed by atoms with E-state index in [0.29, 0.717) is 5.56 Å². The molecule has 0 N–H and O–H groups in total. The van der Waals surface area contributed by atoms with E-state index < -0.39 is 0 Å². The van der Waals surface area contributed by atoms with Crippen LogP contribution in [0.1, 0.15) is 29.8 Å². The molecule has 0 radical (unpaired) electrons. The van der Waals surface area contributed by atoms with Crippen LogP contribution in [-0.2, 0) is 4.74 Å². The van der Waals surface area contributed by atoms with Crippen LogP contribution in [-0.4, -0.2) is 13.1 Å². The number of hydrogen-bond donors (Lipinski definition) is 0. The molecule has 2 nitrogen and oxygen atoms in total. The number of esters is 1. The molecule has 3 heteroatoms. The topological polar surface area (TPSA) is 26.3 Å². The number of benzene rings is 2. The predicted molar refractivity (Wildman–Crippen MR) is 79.3 cm³/mol. The Hall–Kier alpha value is -2.16. The maximum absolute atomic E-state index is 12.9. The fourth-order valence-corrected chi connectivity index (χ4v) is 1.91. The summed E-state index contributed by atoms with van der Waals surface area (Å²) in [5.41, 5.74) is 3.13. The van der Waals surface area contributed by atoms with E-state index in [1.54, 1.807) is 24.3 Å². The molecule has 0 bridgehead atoms. The van der Waals surface area contributed by atoms with Crippen molar-refractivity contribution in [3.8, 4) is 11.1 Å². The molecule has 0 spiro atoms. The van der Waals surface area contributed by atoms with Gasteiger partial charge in [-0.05, 0) is 41.8 Å². The van der Waals surface area contributed by atoms with E-state index in [1.807, 2.05) is 26.8 Å². The van der Waals surface area contributed by atoms with Crippen molar-refractivity contribution in [2.24, 2.45) is 0 Å². The Morgan fingerprint density at radius 2 is 1.65 bits per heavy atom. The zero-order valence-electron chi connectivity index (χ0n) is 12.2. The Labute approximate surface area is 119 Å². The highest BCUT2D eigenvalue weighted by molar-refractivity contribution is 5.93. The fraction of sp³-hybridized carbons (Fsp3) is 0.235. The van der Waals surface area contributed by atoms with Crippen LogP contribution in [0.25, 0.3) is 11.1 Å². The SMILES string of the molecule is CC.COC(=O)c1cccc(-c2ccc(F)cc2)c1C. The first kappa shape index (κ1) is 15.9. The third-order valence-corrected chi connectivity index (χ3v) is 2.89. The summed E-state index contributed by atoms with van der Waals surface area (Å²) in [7, 11) is 1.35. The molecule has 0 fully saturated rings. The second kappa shape index (κ2) is 7.43. The molecular formula is C17H19FO2. The van der Waals surface area contributed by atoms with Crippen LogP contribution in [0.3, 0.4) is 0 Å². The Morgan fingerprint density at radius 3 is 2.20 bits per heavy atom. The van der Waals surface area contributed by atoms with Gasteiger partial charge in [0, 0.05) is 0 Å². The Morgan fingerprint density at radius 1 is 1.05 bits per heavy atom. The van der Waals surface area contributed by atoms with Crippen molar-refractivity contribution in [2.45, 2.75) is 20.8 Å². The lowest BCUT2D eigenvalue weighted by Gasteiger charge is -2.10. The molecule has 0 amide bonds. The smallest absolute Gasteiger partial charge is 0.338 e. The maximum Gasteiger partial charge on any atom is 0.338 e. The first-order valence-corrected chi connectivity index (χ1v) is 6.57. The largest absolute Gasteiger partial charge is 0.465 e. The van der Waals surface area contributed by atoms with Gasteiger partial charge in [0.2, 0.25) is 0 Å². The number of carbonyl (C=O) groups excluding carboxylic acids is 1. The molecule has 0 aliphatic rings. The zero-order valence-corrected chi connectivity index (χ0v) is 12.2. The molecule has 106 valence electrons. The second-order valence-electron chi connectivity index (χ2n) is 3.98. The van der Waals surface area contributed by atoms with Gasteiger partial charge in [-0.15, -0.1) is 0 Å². The van der Waals surface area contributed by atoms with Gasteiger partial charge in [0.25, 0.3) is 0 Å². The highest BCUT2D eigenvalue weighted by Crippen LogP contribution is 2.26. The minimum absolute atomic E-state index is 0.277. The number of hydrogen-bond acceptors (Lipinski definition) is 2. The summed E-state index contributed by atoms with van der Waals surface area (Å²) in [5, 5.41) is 0. The number of carbonyl (C=O) groups is 1. The summed E-state index contributed by atoms with van der Waals surface area (Å²) in [6, 6.07) is 11.6. The van der Waals surface area contributed by atoms with E-state index in [0.717, 1.165) is 16.7 Å². The molecule has 0 aromatic heterocycles. The number of methoxy groups -OCH3 is 1. The zero-order chi connectivity index (χ0) is 15.1. The van der Waals surface area contributed by atoms with Gasteiger partial charge in [-0.3, -0.25) is 0 Å². The third-order valence-electron chi connectivity index (χ3n) is 2.89. The van der Waals surface area contributed by atoms with Gasteiger partial charge < -0.3 is 4.74 Å². The normalized spacial score (nSPS) is 9.45. The molecule has 2 aromatic rings. The summed E-state index contributed by atoms with van der Waals surface area (Å²) in [5.74, 6) is -0.642. The Kier molecular flexibility index (Phi) is 5.91. The first-order chi connectivity index (χ1) is 9.63. The monoisotopic (exact) mass is 274 g/mol. The van der Waals surface area contributed by atoms with Crippen molar-refractivity contribution in [1.82, 2.24) is 0 Å². The lowest BCUT2D eigenvalue weighted by Crippen LogP contribution is -2.04. The molecule has 0 atom stereocenters. The lowest BCUT2D eigenvalue weighted by molar-refractivity contribution is 0.0600. The Bertz CT molecular complexity index is 574. The number of rotatable bonds is 2. The van der Waals surface area contributed by atoms with Crippen LogP contribution >= 0.6 is 0 Å². The maximum atomic E-state index is 12.9. The van der Waals surface area contributed by atoms with Crippen molar-refractivity contribution in [2.75, 3.05) is 7.11 Å². The van der Waals surface area contributed by atoms with Gasteiger partial charge >= 0.3 is 5.97 Å². The van der Waals surface area contributed by atoms with Gasteiger partial charge in [0.05, 0.1) is 12.7 Å². The Balaban J connectivity index is 0.000000956. The van der Waals surface area contributed by atoms with Gasteiger partial charge in [-0.2, -0.15) is 0 Å². The summed E-state index contributed by atoms with van der Waals surface area (Å²) >= 11 is 0. The molecule has 2 rings (SSSR count). The molecule has 2 aromatic carbocycles. The molecule has 0 saturated carbocycles. The number of ether oxygens (including phenoxy) is 1. The van der Waals surface area contributed by atoms with Crippen molar-refractivity contribution in [3.05, 3.63) is 59.4 Å². The van der Waals surface area contributed by atoms with Crippen LogP contribution in [0.5, 0.6) is 0 Å². The van der Waals surface area contributed by atoms with Gasteiger partial charge in [-0.1, -0.05) is 38.1 Å². The minimum Gasteiger partial charge on any atom is -0.465 e. The predicted octanol–water partition coefficient (Wildman–Crippen LogP) is 4.61. The van der Waals surface area contributed by atoms with Gasteiger partial charge in [0.15, 0.2) is 0 Å². The average molecular weight is 274 g/mol. The molecular weight excluding hydrogens is 255 g/mol. The van der Waals surface area contributed by atoms with E-state index in [-0.39, 0.29) is 11.8 Å². The summed E-state index contributed by atoms with van der Waals surface area (Å²) in [6.07, 6.45) is 0. The van der Waals surface area contributed by atoms with Crippen LogP contribution in [0.15, 0.2) is 42.5 Å². The van der Waals surface area contributed by atoms with Crippen LogP contribution in [0.4, 0.5) is 4.39 Å². The molecule has 0 heterocycles. The van der Waals surface area contributed by atoms with Crippen molar-refractivity contribution >= 4 is 5.97 Å². The van der Waals surface area contributed by atoms with Crippen LogP contribution in [0, 0.1) is 12.7 Å². The highest BCUT2D eigenvalue weighted by Gasteiger charge is 2.12. The van der Waals surface area contributed by atoms with Crippen LogP contribution in [0.2, 0.25) is 0 Å². The van der Waals surface area contributed by atoms with Gasteiger partial charge in [0.1, 0.15) is 5.82 Å². The summed E-state index contributed by atoms with van der Waals surface area (Å²) in [4.78, 5) is 11.6. The molecule has 0 aliphatic carbocycles. The first-order valence-electron chi connectivity index (χ1n) is 6.57. The molecule has 0 saturated heterocycles. The van der Waals surface area contributed by atoms with Crippen molar-refractivity contribution in [3.63, 3.8) is 0 Å². The third kappa shape index (κ3) is 3.44. The quantitative estimate of drug-likeness (QED) is 0.747. The van der Waals surface area contributed by atoms with E-state index in [9.17, 15) is 9.18 Å². The molecule has 0 unspecified atom stereocenters. The second-order valence-corrected chi connectivity index (χ2v) is 3.98. The van der Waals surface area contributed by atoms with Crippen LogP contribution < -0.4 is 0 Å². The minimum atomic E-state index is -0.364. The van der Waals surface area contributed by atoms with Crippen molar-refractivity contribution < 1.29 is 13.9 Å². The van der Waals surface area contributed by atoms with E-state index in [2.05, 4.69) is 0 Å². The number of halogens is 1. The molecule has 20 heavy (non-hydrogen) atoms. The summed E-state index contributed by atoms with van der Waals surface area (Å²) < 4.78 is 17.6. The standard InChI is InChI=1S/C15H13FO2.C2H6/c1-10-13(11-6-8-12(16)9-7-11)4-3-5-14(10)15(17)18-2;1-2/h3-9H,1-2H3;1-2H3. The lowest BCUT2D eigenvalue weighted by atomic mass is 9.96. The van der Waals surface area contributed by atoms with E-state index >= 15 is 0 Å². The molecule has 0 aliphatic heterocycles.